The van der Waals surface area contributed by atoms with Crippen LogP contribution in [0.5, 0.6) is 0 Å². The Morgan fingerprint density at radius 2 is 1.62 bits per heavy atom. The van der Waals surface area contributed by atoms with Gasteiger partial charge in [0.15, 0.2) is 0 Å². The third-order valence-electron chi connectivity index (χ3n) is 3.77. The standard InChI is InChI=1S/C17H23BrN2O/c18-12-8-4-2-1-3-5-9-13-20-17(21)16-11-7-6-10-15(16)14-19-20/h6-7,10-11,14H,1-5,8-9,12-13H2. The van der Waals surface area contributed by atoms with Crippen molar-refractivity contribution >= 4 is 26.7 Å². The number of aryl methyl sites for hydroxylation is 1. The lowest BCUT2D eigenvalue weighted by molar-refractivity contribution is 0.509. The van der Waals surface area contributed by atoms with Gasteiger partial charge in [-0.15, -0.1) is 0 Å². The molecule has 0 atom stereocenters. The summed E-state index contributed by atoms with van der Waals surface area (Å²) in [6.07, 6.45) is 10.5. The van der Waals surface area contributed by atoms with E-state index in [0.29, 0.717) is 0 Å². The van der Waals surface area contributed by atoms with Gasteiger partial charge in [0, 0.05) is 17.3 Å². The normalized spacial score (nSPS) is 11.1. The zero-order valence-corrected chi connectivity index (χ0v) is 14.0. The predicted octanol–water partition coefficient (Wildman–Crippen LogP) is 4.52. The van der Waals surface area contributed by atoms with Crippen molar-refractivity contribution in [2.75, 3.05) is 5.33 Å². The fourth-order valence-electron chi connectivity index (χ4n) is 2.53. The zero-order valence-electron chi connectivity index (χ0n) is 12.4. The highest BCUT2D eigenvalue weighted by atomic mass is 79.9. The van der Waals surface area contributed by atoms with Crippen LogP contribution in [0.3, 0.4) is 0 Å². The smallest absolute Gasteiger partial charge is 0.267 e. The highest BCUT2D eigenvalue weighted by Crippen LogP contribution is 2.09. The zero-order chi connectivity index (χ0) is 14.9. The summed E-state index contributed by atoms with van der Waals surface area (Å²) in [6.45, 7) is 0.727. The summed E-state index contributed by atoms with van der Waals surface area (Å²) >= 11 is 3.45. The van der Waals surface area contributed by atoms with E-state index < -0.39 is 0 Å². The molecular formula is C17H23BrN2O. The van der Waals surface area contributed by atoms with Crippen molar-refractivity contribution < 1.29 is 0 Å². The highest BCUT2D eigenvalue weighted by molar-refractivity contribution is 9.09. The molecule has 4 heteroatoms. The minimum Gasteiger partial charge on any atom is -0.267 e. The van der Waals surface area contributed by atoms with Gasteiger partial charge in [0.2, 0.25) is 0 Å². The Bertz CT molecular complexity index is 609. The molecule has 0 N–H and O–H groups in total. The Labute approximate surface area is 134 Å². The topological polar surface area (TPSA) is 34.9 Å². The van der Waals surface area contributed by atoms with Crippen LogP contribution in [0.1, 0.15) is 44.9 Å². The number of benzene rings is 1. The van der Waals surface area contributed by atoms with E-state index in [4.69, 9.17) is 0 Å². The van der Waals surface area contributed by atoms with Crippen molar-refractivity contribution in [2.45, 2.75) is 51.5 Å². The Morgan fingerprint density at radius 1 is 0.952 bits per heavy atom. The van der Waals surface area contributed by atoms with Crippen LogP contribution in [-0.4, -0.2) is 15.1 Å². The summed E-state index contributed by atoms with van der Waals surface area (Å²) < 4.78 is 1.60. The Hall–Kier alpha value is -1.16. The first kappa shape index (κ1) is 16.2. The van der Waals surface area contributed by atoms with Crippen LogP contribution in [0.2, 0.25) is 0 Å². The number of aromatic nitrogens is 2. The van der Waals surface area contributed by atoms with Gasteiger partial charge < -0.3 is 0 Å². The van der Waals surface area contributed by atoms with Gasteiger partial charge >= 0.3 is 0 Å². The predicted molar refractivity (Wildman–Crippen MR) is 92.1 cm³/mol. The summed E-state index contributed by atoms with van der Waals surface area (Å²) in [6, 6.07) is 7.64. The molecule has 0 amide bonds. The van der Waals surface area contributed by atoms with Crippen LogP contribution >= 0.6 is 15.9 Å². The molecule has 1 heterocycles. The molecule has 0 aliphatic heterocycles. The van der Waals surface area contributed by atoms with Gasteiger partial charge in [0.25, 0.3) is 5.56 Å². The quantitative estimate of drug-likeness (QED) is 0.492. The number of hydrogen-bond donors (Lipinski definition) is 0. The number of rotatable bonds is 9. The molecule has 0 saturated carbocycles. The number of unbranched alkanes of at least 4 members (excludes halogenated alkanes) is 6. The summed E-state index contributed by atoms with van der Waals surface area (Å²) in [5.41, 5.74) is 0.0328. The lowest BCUT2D eigenvalue weighted by atomic mass is 10.1. The number of nitrogens with zero attached hydrogens (tertiary/aromatic N) is 2. The fraction of sp³-hybridized carbons (Fsp3) is 0.529. The van der Waals surface area contributed by atoms with E-state index in [1.165, 1.54) is 38.5 Å². The number of hydrogen-bond acceptors (Lipinski definition) is 2. The van der Waals surface area contributed by atoms with Crippen molar-refractivity contribution in [2.24, 2.45) is 0 Å². The third kappa shape index (κ3) is 4.95. The summed E-state index contributed by atoms with van der Waals surface area (Å²) in [5.74, 6) is 0. The molecule has 21 heavy (non-hydrogen) atoms. The highest BCUT2D eigenvalue weighted by Gasteiger charge is 2.02. The molecule has 0 unspecified atom stereocenters. The lowest BCUT2D eigenvalue weighted by Crippen LogP contribution is -2.22. The number of alkyl halides is 1. The molecule has 0 aliphatic carbocycles. The van der Waals surface area contributed by atoms with Crippen LogP contribution in [0, 0.1) is 0 Å². The summed E-state index contributed by atoms with van der Waals surface area (Å²) in [7, 11) is 0. The molecule has 2 aromatic rings. The van der Waals surface area contributed by atoms with E-state index in [0.717, 1.165) is 29.1 Å². The molecular weight excluding hydrogens is 328 g/mol. The van der Waals surface area contributed by atoms with E-state index in [9.17, 15) is 4.79 Å². The maximum absolute atomic E-state index is 12.3. The van der Waals surface area contributed by atoms with Crippen molar-refractivity contribution in [3.63, 3.8) is 0 Å². The SMILES string of the molecule is O=c1c2ccccc2cnn1CCCCCCCCCBr. The first-order chi connectivity index (χ1) is 10.3. The van der Waals surface area contributed by atoms with Crippen LogP contribution in [-0.2, 0) is 6.54 Å². The first-order valence-electron chi connectivity index (χ1n) is 7.84. The van der Waals surface area contributed by atoms with Crippen molar-refractivity contribution in [3.05, 3.63) is 40.8 Å². The van der Waals surface area contributed by atoms with Crippen molar-refractivity contribution in [1.82, 2.24) is 9.78 Å². The van der Waals surface area contributed by atoms with E-state index in [1.54, 1.807) is 10.9 Å². The molecule has 0 fully saturated rings. The van der Waals surface area contributed by atoms with Crippen LogP contribution in [0.15, 0.2) is 35.3 Å². The molecule has 3 nitrogen and oxygen atoms in total. The van der Waals surface area contributed by atoms with E-state index in [-0.39, 0.29) is 5.56 Å². The van der Waals surface area contributed by atoms with Gasteiger partial charge in [-0.1, -0.05) is 66.2 Å². The third-order valence-corrected chi connectivity index (χ3v) is 4.33. The monoisotopic (exact) mass is 350 g/mol. The Balaban J connectivity index is 1.76. The van der Waals surface area contributed by atoms with Crippen LogP contribution in [0.4, 0.5) is 0 Å². The maximum atomic E-state index is 12.3. The van der Waals surface area contributed by atoms with E-state index >= 15 is 0 Å². The minimum atomic E-state index is 0.0328. The second-order valence-electron chi connectivity index (χ2n) is 5.42. The summed E-state index contributed by atoms with van der Waals surface area (Å²) in [4.78, 5) is 12.3. The average Bonchev–Trinajstić information content (AvgIpc) is 2.52. The van der Waals surface area contributed by atoms with Gasteiger partial charge in [0.05, 0.1) is 11.6 Å². The Morgan fingerprint density at radius 3 is 2.38 bits per heavy atom. The fourth-order valence-corrected chi connectivity index (χ4v) is 2.92. The van der Waals surface area contributed by atoms with Crippen molar-refractivity contribution in [3.8, 4) is 0 Å². The van der Waals surface area contributed by atoms with Gasteiger partial charge in [-0.3, -0.25) is 4.79 Å². The number of halogens is 1. The largest absolute Gasteiger partial charge is 0.274 e. The molecule has 2 rings (SSSR count). The molecule has 0 spiro atoms. The minimum absolute atomic E-state index is 0.0328. The lowest BCUT2D eigenvalue weighted by Gasteiger charge is -2.06. The maximum Gasteiger partial charge on any atom is 0.274 e. The van der Waals surface area contributed by atoms with Crippen LogP contribution < -0.4 is 5.56 Å². The second kappa shape index (κ2) is 8.98. The van der Waals surface area contributed by atoms with Gasteiger partial charge in [-0.25, -0.2) is 4.68 Å². The van der Waals surface area contributed by atoms with Gasteiger partial charge in [-0.2, -0.15) is 5.10 Å². The van der Waals surface area contributed by atoms with Crippen LogP contribution in [0.25, 0.3) is 10.8 Å². The Kier molecular flexibility index (Phi) is 6.93. The average molecular weight is 351 g/mol. The molecule has 0 saturated heterocycles. The molecule has 1 aromatic carbocycles. The first-order valence-corrected chi connectivity index (χ1v) is 8.96. The summed E-state index contributed by atoms with van der Waals surface area (Å²) in [5, 5.41) is 7.07. The van der Waals surface area contributed by atoms with Gasteiger partial charge in [0.1, 0.15) is 0 Å². The van der Waals surface area contributed by atoms with E-state index in [1.807, 2.05) is 24.3 Å². The second-order valence-corrected chi connectivity index (χ2v) is 6.22. The molecule has 0 radical (unpaired) electrons. The van der Waals surface area contributed by atoms with Crippen molar-refractivity contribution in [1.29, 1.82) is 0 Å². The molecule has 114 valence electrons. The molecule has 1 aromatic heterocycles. The molecule has 0 aliphatic rings. The molecule has 0 bridgehead atoms. The van der Waals surface area contributed by atoms with E-state index in [2.05, 4.69) is 21.0 Å². The van der Waals surface area contributed by atoms with Gasteiger partial charge in [-0.05, 0) is 18.9 Å². The number of fused-ring (bicyclic) bond motifs is 1.